The first-order valence-electron chi connectivity index (χ1n) is 8.75. The van der Waals surface area contributed by atoms with E-state index in [-0.39, 0.29) is 6.23 Å². The molecule has 3 atom stereocenters. The van der Waals surface area contributed by atoms with Crippen LogP contribution in [0.2, 0.25) is 0 Å². The lowest BCUT2D eigenvalue weighted by molar-refractivity contribution is 0.115. The molecule has 1 aromatic heterocycles. The Morgan fingerprint density at radius 3 is 2.92 bits per heavy atom. The van der Waals surface area contributed by atoms with E-state index in [1.807, 2.05) is 18.2 Å². The molecule has 1 aliphatic heterocycles. The number of hydrogen-bond acceptors (Lipinski definition) is 5. The van der Waals surface area contributed by atoms with Crippen molar-refractivity contribution in [2.75, 3.05) is 12.4 Å². The first kappa shape index (κ1) is 15.9. The molecule has 0 amide bonds. The average molecular weight is 337 g/mol. The number of methoxy groups -OCH3 is 1. The molecule has 130 valence electrons. The van der Waals surface area contributed by atoms with Crippen LogP contribution in [0.5, 0.6) is 11.8 Å². The van der Waals surface area contributed by atoms with Crippen LogP contribution in [0.15, 0.2) is 42.1 Å². The zero-order chi connectivity index (χ0) is 17.4. The third-order valence-corrected chi connectivity index (χ3v) is 5.15. The first-order chi connectivity index (χ1) is 12.2. The van der Waals surface area contributed by atoms with Crippen LogP contribution in [0.25, 0.3) is 11.3 Å². The van der Waals surface area contributed by atoms with E-state index in [1.54, 1.807) is 13.3 Å². The number of allylic oxidation sites excluding steroid dienone is 2. The smallest absolute Gasteiger partial charge is 0.245 e. The van der Waals surface area contributed by atoms with Crippen molar-refractivity contribution in [3.05, 3.63) is 42.1 Å². The topological polar surface area (TPSA) is 56.3 Å². The van der Waals surface area contributed by atoms with Gasteiger partial charge in [-0.05, 0) is 31.7 Å². The number of hydrogen-bond donors (Lipinski definition) is 1. The van der Waals surface area contributed by atoms with E-state index in [0.717, 1.165) is 29.8 Å². The van der Waals surface area contributed by atoms with Crippen molar-refractivity contribution in [1.29, 1.82) is 0 Å². The van der Waals surface area contributed by atoms with Gasteiger partial charge in [-0.3, -0.25) is 0 Å². The normalized spacial score (nSPS) is 24.8. The lowest BCUT2D eigenvalue weighted by atomic mass is 9.80. The third kappa shape index (κ3) is 2.95. The van der Waals surface area contributed by atoms with E-state index < -0.39 is 0 Å². The molecule has 5 heteroatoms. The summed E-state index contributed by atoms with van der Waals surface area (Å²) in [6, 6.07) is 8.15. The van der Waals surface area contributed by atoms with Crippen molar-refractivity contribution in [2.24, 2.45) is 11.8 Å². The van der Waals surface area contributed by atoms with Gasteiger partial charge < -0.3 is 14.8 Å². The highest BCUT2D eigenvalue weighted by molar-refractivity contribution is 5.79. The van der Waals surface area contributed by atoms with Crippen LogP contribution < -0.4 is 14.8 Å². The molecule has 2 aromatic rings. The molecular formula is C20H23N3O2. The Labute approximate surface area is 148 Å². The summed E-state index contributed by atoms with van der Waals surface area (Å²) >= 11 is 0. The Morgan fingerprint density at radius 2 is 2.12 bits per heavy atom. The van der Waals surface area contributed by atoms with E-state index in [0.29, 0.717) is 23.6 Å². The number of anilines is 1. The SMILES string of the molecule is COc1cnc2c(n1)OC(C1CC=C(C)CC1C)Nc1ccccc1-2. The molecule has 25 heavy (non-hydrogen) atoms. The summed E-state index contributed by atoms with van der Waals surface area (Å²) in [5.74, 6) is 1.90. The fraction of sp³-hybridized carbons (Fsp3) is 0.400. The maximum Gasteiger partial charge on any atom is 0.245 e. The fourth-order valence-electron chi connectivity index (χ4n) is 3.77. The standard InChI is InChI=1S/C20H23N3O2/c1-12-8-9-14(13(2)10-12)19-22-16-7-5-4-6-15(16)18-20(25-19)23-17(24-3)11-21-18/h4-8,11,13-14,19,22H,9-10H2,1-3H3. The molecule has 1 N–H and O–H groups in total. The highest BCUT2D eigenvalue weighted by Crippen LogP contribution is 2.40. The second kappa shape index (κ2) is 6.39. The highest BCUT2D eigenvalue weighted by atomic mass is 16.5. The van der Waals surface area contributed by atoms with Crippen molar-refractivity contribution in [1.82, 2.24) is 9.97 Å². The first-order valence-corrected chi connectivity index (χ1v) is 8.75. The van der Waals surface area contributed by atoms with Crippen LogP contribution in [0, 0.1) is 11.8 Å². The van der Waals surface area contributed by atoms with Gasteiger partial charge in [-0.25, -0.2) is 4.98 Å². The second-order valence-corrected chi connectivity index (χ2v) is 6.93. The van der Waals surface area contributed by atoms with E-state index in [1.165, 1.54) is 5.57 Å². The van der Waals surface area contributed by atoms with E-state index in [2.05, 4.69) is 41.3 Å². The van der Waals surface area contributed by atoms with Crippen molar-refractivity contribution in [3.8, 4) is 23.0 Å². The van der Waals surface area contributed by atoms with Crippen LogP contribution in [-0.4, -0.2) is 23.3 Å². The average Bonchev–Trinajstić information content (AvgIpc) is 2.77. The van der Waals surface area contributed by atoms with Crippen LogP contribution in [0.3, 0.4) is 0 Å². The molecule has 0 spiro atoms. The molecule has 0 bridgehead atoms. The fourth-order valence-corrected chi connectivity index (χ4v) is 3.77. The molecule has 1 aromatic carbocycles. The van der Waals surface area contributed by atoms with Crippen LogP contribution >= 0.6 is 0 Å². The zero-order valence-electron chi connectivity index (χ0n) is 14.8. The molecule has 2 heterocycles. The molecule has 3 unspecified atom stereocenters. The van der Waals surface area contributed by atoms with E-state index in [9.17, 15) is 0 Å². The minimum Gasteiger partial charge on any atom is -0.480 e. The van der Waals surface area contributed by atoms with Gasteiger partial charge in [-0.2, -0.15) is 4.98 Å². The number of fused-ring (bicyclic) bond motifs is 3. The van der Waals surface area contributed by atoms with Gasteiger partial charge in [0, 0.05) is 17.2 Å². The van der Waals surface area contributed by atoms with Gasteiger partial charge in [0.15, 0.2) is 6.23 Å². The minimum atomic E-state index is -0.150. The molecule has 5 nitrogen and oxygen atoms in total. The Hall–Kier alpha value is -2.56. The second-order valence-electron chi connectivity index (χ2n) is 6.93. The van der Waals surface area contributed by atoms with Gasteiger partial charge in [-0.15, -0.1) is 0 Å². The van der Waals surface area contributed by atoms with Crippen molar-refractivity contribution < 1.29 is 9.47 Å². The summed E-state index contributed by atoms with van der Waals surface area (Å²) in [6.45, 7) is 4.50. The molecule has 0 fully saturated rings. The molecule has 0 saturated heterocycles. The molecule has 0 radical (unpaired) electrons. The maximum atomic E-state index is 6.33. The lowest BCUT2D eigenvalue weighted by Gasteiger charge is -2.34. The summed E-state index contributed by atoms with van der Waals surface area (Å²) in [5.41, 5.74) is 4.25. The van der Waals surface area contributed by atoms with Gasteiger partial charge in [0.25, 0.3) is 0 Å². The van der Waals surface area contributed by atoms with Crippen molar-refractivity contribution in [2.45, 2.75) is 32.9 Å². The Morgan fingerprint density at radius 1 is 1.28 bits per heavy atom. The van der Waals surface area contributed by atoms with Gasteiger partial charge in [0.05, 0.1) is 13.3 Å². The zero-order valence-corrected chi connectivity index (χ0v) is 14.8. The monoisotopic (exact) mass is 337 g/mol. The summed E-state index contributed by atoms with van der Waals surface area (Å²) in [7, 11) is 1.59. The largest absolute Gasteiger partial charge is 0.480 e. The molecule has 0 saturated carbocycles. The number of para-hydroxylation sites is 1. The summed E-state index contributed by atoms with van der Waals surface area (Å²) in [4.78, 5) is 9.05. The molecular weight excluding hydrogens is 314 g/mol. The Bertz CT molecular complexity index is 818. The maximum absolute atomic E-state index is 6.33. The Kier molecular flexibility index (Phi) is 4.07. The number of ether oxygens (including phenoxy) is 2. The third-order valence-electron chi connectivity index (χ3n) is 5.15. The van der Waals surface area contributed by atoms with Crippen molar-refractivity contribution >= 4 is 5.69 Å². The summed E-state index contributed by atoms with van der Waals surface area (Å²) in [6.07, 6.45) is 5.91. The van der Waals surface area contributed by atoms with Crippen LogP contribution in [-0.2, 0) is 0 Å². The van der Waals surface area contributed by atoms with Crippen LogP contribution in [0.1, 0.15) is 26.7 Å². The summed E-state index contributed by atoms with van der Waals surface area (Å²) < 4.78 is 11.6. The van der Waals surface area contributed by atoms with E-state index >= 15 is 0 Å². The number of nitrogens with one attached hydrogen (secondary N) is 1. The molecule has 4 rings (SSSR count). The predicted molar refractivity (Wildman–Crippen MR) is 97.7 cm³/mol. The number of rotatable bonds is 2. The van der Waals surface area contributed by atoms with Crippen LogP contribution in [0.4, 0.5) is 5.69 Å². The molecule has 1 aliphatic carbocycles. The molecule has 2 aliphatic rings. The van der Waals surface area contributed by atoms with Gasteiger partial charge in [0.1, 0.15) is 5.69 Å². The highest BCUT2D eigenvalue weighted by Gasteiger charge is 2.34. The number of aromatic nitrogens is 2. The lowest BCUT2D eigenvalue weighted by Crippen LogP contribution is -2.39. The van der Waals surface area contributed by atoms with Gasteiger partial charge in [0.2, 0.25) is 11.8 Å². The van der Waals surface area contributed by atoms with Gasteiger partial charge in [-0.1, -0.05) is 36.8 Å². The minimum absolute atomic E-state index is 0.150. The Balaban J connectivity index is 1.77. The van der Waals surface area contributed by atoms with Gasteiger partial charge >= 0.3 is 0 Å². The predicted octanol–water partition coefficient (Wildman–Crippen LogP) is 4.28. The van der Waals surface area contributed by atoms with Crippen molar-refractivity contribution in [3.63, 3.8) is 0 Å². The quantitative estimate of drug-likeness (QED) is 0.829. The number of nitrogens with zero attached hydrogens (tertiary/aromatic N) is 2. The van der Waals surface area contributed by atoms with E-state index in [4.69, 9.17) is 9.47 Å². The number of benzene rings is 1. The summed E-state index contributed by atoms with van der Waals surface area (Å²) in [5, 5.41) is 3.59.